The van der Waals surface area contributed by atoms with Crippen LogP contribution in [0, 0.1) is 0 Å². The molecule has 1 amide bonds. The maximum atomic E-state index is 12.8. The summed E-state index contributed by atoms with van der Waals surface area (Å²) >= 11 is 0. The molecule has 0 aliphatic heterocycles. The number of carbonyl (C=O) groups excluding carboxylic acids is 1. The highest BCUT2D eigenvalue weighted by Gasteiger charge is 2.28. The topological polar surface area (TPSA) is 105 Å². The van der Waals surface area contributed by atoms with Crippen LogP contribution in [0.15, 0.2) is 12.2 Å². The largest absolute Gasteiger partial charge is 0.472 e. The van der Waals surface area contributed by atoms with Gasteiger partial charge in [-0.3, -0.25) is 13.8 Å². The summed E-state index contributed by atoms with van der Waals surface area (Å²) in [4.78, 5) is 23.1. The van der Waals surface area contributed by atoms with E-state index in [-0.39, 0.29) is 19.1 Å². The first kappa shape index (κ1) is 49.2. The number of allylic oxidation sites excluding steroid dienone is 2. The van der Waals surface area contributed by atoms with E-state index in [1.54, 1.807) is 0 Å². The van der Waals surface area contributed by atoms with Gasteiger partial charge in [-0.1, -0.05) is 161 Å². The predicted molar refractivity (Wildman–Crippen MR) is 212 cm³/mol. The summed E-state index contributed by atoms with van der Waals surface area (Å²) in [6.45, 7) is 4.86. The van der Waals surface area contributed by atoms with Crippen molar-refractivity contribution < 1.29 is 32.9 Å². The van der Waals surface area contributed by atoms with Crippen LogP contribution in [0.5, 0.6) is 0 Å². The molecule has 0 rings (SSSR count). The molecule has 0 fully saturated rings. The minimum absolute atomic E-state index is 0.0736. The Morgan fingerprint density at radius 2 is 1.08 bits per heavy atom. The minimum atomic E-state index is -4.31. The molecular formula is C41H84N2O6P+. The monoisotopic (exact) mass is 732 g/mol. The first-order valence-electron chi connectivity index (χ1n) is 21.1. The number of aliphatic hydroxyl groups is 1. The van der Waals surface area contributed by atoms with Crippen molar-refractivity contribution in [3.05, 3.63) is 12.2 Å². The molecule has 9 heteroatoms. The molecule has 0 saturated carbocycles. The van der Waals surface area contributed by atoms with Crippen molar-refractivity contribution in [1.29, 1.82) is 0 Å². The number of hydrogen-bond acceptors (Lipinski definition) is 5. The second-order valence-electron chi connectivity index (χ2n) is 15.7. The van der Waals surface area contributed by atoms with Crippen LogP contribution in [0.2, 0.25) is 0 Å². The molecule has 3 atom stereocenters. The zero-order valence-corrected chi connectivity index (χ0v) is 34.5. The molecule has 3 unspecified atom stereocenters. The lowest BCUT2D eigenvalue weighted by Gasteiger charge is -2.26. The number of unbranched alkanes of at least 4 members (excludes halogenated alkanes) is 23. The van der Waals surface area contributed by atoms with Crippen LogP contribution < -0.4 is 5.32 Å². The maximum absolute atomic E-state index is 12.8. The Morgan fingerprint density at radius 3 is 1.54 bits per heavy atom. The van der Waals surface area contributed by atoms with Gasteiger partial charge in [0.2, 0.25) is 5.91 Å². The molecule has 0 aromatic rings. The fourth-order valence-electron chi connectivity index (χ4n) is 6.10. The van der Waals surface area contributed by atoms with E-state index in [1.807, 2.05) is 21.1 Å². The van der Waals surface area contributed by atoms with Crippen molar-refractivity contribution in [2.45, 2.75) is 206 Å². The Morgan fingerprint density at radius 1 is 0.660 bits per heavy atom. The van der Waals surface area contributed by atoms with Gasteiger partial charge < -0.3 is 19.8 Å². The summed E-state index contributed by atoms with van der Waals surface area (Å²) in [6, 6.07) is -0.762. The summed E-state index contributed by atoms with van der Waals surface area (Å²) in [5.74, 6) is -0.161. The van der Waals surface area contributed by atoms with E-state index >= 15 is 0 Å². The van der Waals surface area contributed by atoms with E-state index in [0.717, 1.165) is 51.4 Å². The second-order valence-corrected chi connectivity index (χ2v) is 17.2. The van der Waals surface area contributed by atoms with Crippen molar-refractivity contribution in [2.75, 3.05) is 40.9 Å². The summed E-state index contributed by atoms with van der Waals surface area (Å²) in [6.07, 6.45) is 36.6. The molecule has 0 aromatic carbocycles. The third kappa shape index (κ3) is 35.6. The summed E-state index contributed by atoms with van der Waals surface area (Å²) in [5, 5.41) is 13.9. The van der Waals surface area contributed by atoms with Crippen molar-refractivity contribution in [3.8, 4) is 0 Å². The number of amides is 1. The van der Waals surface area contributed by atoms with E-state index in [0.29, 0.717) is 23.9 Å². The average Bonchev–Trinajstić information content (AvgIpc) is 3.06. The van der Waals surface area contributed by atoms with Crippen LogP contribution in [0.4, 0.5) is 0 Å². The molecule has 3 N–H and O–H groups in total. The third-order valence-corrected chi connectivity index (χ3v) is 10.5. The predicted octanol–water partition coefficient (Wildman–Crippen LogP) is 11.2. The number of nitrogens with one attached hydrogen (secondary N) is 1. The highest BCUT2D eigenvalue weighted by atomic mass is 31.2. The van der Waals surface area contributed by atoms with Gasteiger partial charge in [-0.25, -0.2) is 4.57 Å². The van der Waals surface area contributed by atoms with Crippen molar-refractivity contribution in [2.24, 2.45) is 0 Å². The van der Waals surface area contributed by atoms with E-state index in [2.05, 4.69) is 31.3 Å². The van der Waals surface area contributed by atoms with Crippen LogP contribution in [-0.2, 0) is 18.4 Å². The van der Waals surface area contributed by atoms with E-state index in [1.165, 1.54) is 116 Å². The lowest BCUT2D eigenvalue weighted by Crippen LogP contribution is -2.46. The molecule has 0 aromatic heterocycles. The molecule has 50 heavy (non-hydrogen) atoms. The zero-order valence-electron chi connectivity index (χ0n) is 33.7. The average molecular weight is 732 g/mol. The standard InChI is InChI=1S/C41H83N2O6P/c1-6-8-10-12-14-16-18-20-21-23-24-26-28-30-32-34-40(44)39(38-49-50(46,47)48-37-36-43(3,4)5)42-41(45)35-33-31-29-27-25-22-19-17-15-13-11-9-7-2/h22,25,39-40,44H,6-21,23-24,26-38H2,1-5H3,(H-,42,45,46,47)/p+1/b25-22-. The molecule has 8 nitrogen and oxygen atoms in total. The quantitative estimate of drug-likeness (QED) is 0.0253. The molecule has 0 spiro atoms. The van der Waals surface area contributed by atoms with E-state index in [4.69, 9.17) is 9.05 Å². The summed E-state index contributed by atoms with van der Waals surface area (Å²) < 4.78 is 23.6. The van der Waals surface area contributed by atoms with Gasteiger partial charge in [-0.2, -0.15) is 0 Å². The van der Waals surface area contributed by atoms with Gasteiger partial charge >= 0.3 is 7.82 Å². The Labute approximate surface area is 310 Å². The molecular weight excluding hydrogens is 647 g/mol. The summed E-state index contributed by atoms with van der Waals surface area (Å²) in [7, 11) is 1.61. The Kier molecular flexibility index (Phi) is 33.5. The normalized spacial score (nSPS) is 14.6. The SMILES string of the molecule is CCCCCCCC/C=C\CCCCCC(=O)NC(COP(=O)(O)OCC[N+](C)(C)C)C(O)CCCCCCCCCCCCCCCCC. The molecule has 0 aliphatic rings. The first-order chi connectivity index (χ1) is 24.0. The Hall–Kier alpha value is -0.760. The minimum Gasteiger partial charge on any atom is -0.391 e. The lowest BCUT2D eigenvalue weighted by molar-refractivity contribution is -0.870. The lowest BCUT2D eigenvalue weighted by atomic mass is 10.0. The number of rotatable bonds is 38. The number of likely N-dealkylation sites (N-methyl/N-ethyl adjacent to an activating group) is 1. The number of carbonyl (C=O) groups is 1. The van der Waals surface area contributed by atoms with Gasteiger partial charge in [0.05, 0.1) is 39.9 Å². The fraction of sp³-hybridized carbons (Fsp3) is 0.927. The third-order valence-electron chi connectivity index (χ3n) is 9.51. The molecule has 0 bridgehead atoms. The fourth-order valence-corrected chi connectivity index (χ4v) is 6.83. The van der Waals surface area contributed by atoms with Crippen LogP contribution in [0.1, 0.15) is 194 Å². The number of phosphoric ester groups is 1. The molecule has 0 radical (unpaired) electrons. The highest BCUT2D eigenvalue weighted by Crippen LogP contribution is 2.43. The van der Waals surface area contributed by atoms with Crippen molar-refractivity contribution in [3.63, 3.8) is 0 Å². The Balaban J connectivity index is 4.42. The molecule has 0 aliphatic carbocycles. The number of quaternary nitrogens is 1. The zero-order chi connectivity index (χ0) is 37.2. The van der Waals surface area contributed by atoms with E-state index in [9.17, 15) is 19.4 Å². The first-order valence-corrected chi connectivity index (χ1v) is 22.5. The van der Waals surface area contributed by atoms with Crippen LogP contribution >= 0.6 is 7.82 Å². The van der Waals surface area contributed by atoms with Gasteiger partial charge in [0.1, 0.15) is 13.2 Å². The van der Waals surface area contributed by atoms with Gasteiger partial charge in [0, 0.05) is 6.42 Å². The van der Waals surface area contributed by atoms with Gasteiger partial charge in [-0.05, 0) is 38.5 Å². The van der Waals surface area contributed by atoms with Gasteiger partial charge in [-0.15, -0.1) is 0 Å². The second kappa shape index (κ2) is 34.0. The van der Waals surface area contributed by atoms with Crippen molar-refractivity contribution in [1.82, 2.24) is 5.32 Å². The van der Waals surface area contributed by atoms with Crippen LogP contribution in [0.25, 0.3) is 0 Å². The molecule has 0 heterocycles. The molecule has 0 saturated heterocycles. The maximum Gasteiger partial charge on any atom is 0.472 e. The Bertz CT molecular complexity index is 834. The number of aliphatic hydroxyl groups excluding tert-OH is 1. The van der Waals surface area contributed by atoms with Gasteiger partial charge in [0.15, 0.2) is 0 Å². The number of hydrogen-bond donors (Lipinski definition) is 3. The number of nitrogens with zero attached hydrogens (tertiary/aromatic N) is 1. The van der Waals surface area contributed by atoms with E-state index < -0.39 is 20.0 Å². The van der Waals surface area contributed by atoms with Crippen molar-refractivity contribution >= 4 is 13.7 Å². The molecule has 298 valence electrons. The summed E-state index contributed by atoms with van der Waals surface area (Å²) in [5.41, 5.74) is 0. The van der Waals surface area contributed by atoms with Crippen LogP contribution in [0.3, 0.4) is 0 Å². The van der Waals surface area contributed by atoms with Gasteiger partial charge in [0.25, 0.3) is 0 Å². The van der Waals surface area contributed by atoms with Crippen LogP contribution in [-0.4, -0.2) is 73.4 Å². The number of phosphoric acid groups is 1. The highest BCUT2D eigenvalue weighted by molar-refractivity contribution is 7.47. The smallest absolute Gasteiger partial charge is 0.391 e.